The number of aryl methyl sites for hydroxylation is 2. The van der Waals surface area contributed by atoms with Crippen LogP contribution in [-0.4, -0.2) is 21.6 Å². The van der Waals surface area contributed by atoms with Gasteiger partial charge in [-0.1, -0.05) is 43.1 Å². The van der Waals surface area contributed by atoms with E-state index in [2.05, 4.69) is 5.32 Å². The van der Waals surface area contributed by atoms with E-state index in [0.29, 0.717) is 34.1 Å². The molecule has 3 rings (SSSR count). The van der Waals surface area contributed by atoms with Crippen LogP contribution in [0.5, 0.6) is 0 Å². The number of halogens is 1. The molecule has 3 aromatic rings. The third-order valence-electron chi connectivity index (χ3n) is 4.72. The van der Waals surface area contributed by atoms with E-state index in [1.54, 1.807) is 30.3 Å². The van der Waals surface area contributed by atoms with Crippen LogP contribution >= 0.6 is 11.6 Å². The van der Waals surface area contributed by atoms with Crippen molar-refractivity contribution in [2.75, 3.05) is 6.54 Å². The highest BCUT2D eigenvalue weighted by atomic mass is 35.5. The van der Waals surface area contributed by atoms with E-state index in [4.69, 9.17) is 11.6 Å². The van der Waals surface area contributed by atoms with Crippen molar-refractivity contribution in [2.45, 2.75) is 34.2 Å². The lowest BCUT2D eigenvalue weighted by atomic mass is 10.1. The largest absolute Gasteiger partial charge is 0.354 e. The van der Waals surface area contributed by atoms with Gasteiger partial charge in [0, 0.05) is 11.6 Å². The minimum absolute atomic E-state index is 0.176. The van der Waals surface area contributed by atoms with E-state index in [-0.39, 0.29) is 12.5 Å². The summed E-state index contributed by atoms with van der Waals surface area (Å²) in [7, 11) is 0. The molecule has 0 aliphatic heterocycles. The van der Waals surface area contributed by atoms with E-state index < -0.39 is 11.2 Å². The summed E-state index contributed by atoms with van der Waals surface area (Å²) in [5.74, 6) is 0.00790. The number of fused-ring (bicyclic) bond motifs is 1. The molecular weight excluding hydrogens is 390 g/mol. The Morgan fingerprint density at radius 3 is 2.48 bits per heavy atom. The first kappa shape index (κ1) is 20.9. The highest BCUT2D eigenvalue weighted by Gasteiger charge is 2.17. The van der Waals surface area contributed by atoms with Crippen molar-refractivity contribution in [1.82, 2.24) is 14.5 Å². The fourth-order valence-electron chi connectivity index (χ4n) is 3.11. The summed E-state index contributed by atoms with van der Waals surface area (Å²) < 4.78 is 2.41. The van der Waals surface area contributed by atoms with Crippen LogP contribution in [0, 0.1) is 19.8 Å². The molecular formula is C22H24ClN3O3. The summed E-state index contributed by atoms with van der Waals surface area (Å²) in [5, 5.41) is 3.65. The molecule has 2 aromatic carbocycles. The highest BCUT2D eigenvalue weighted by molar-refractivity contribution is 6.31. The molecule has 0 aliphatic rings. The molecule has 6 nitrogen and oxygen atoms in total. The van der Waals surface area contributed by atoms with Crippen LogP contribution in [0.25, 0.3) is 16.6 Å². The van der Waals surface area contributed by atoms with Gasteiger partial charge in [-0.15, -0.1) is 0 Å². The first-order valence-electron chi connectivity index (χ1n) is 9.48. The predicted molar refractivity (Wildman–Crippen MR) is 116 cm³/mol. The van der Waals surface area contributed by atoms with Gasteiger partial charge in [-0.2, -0.15) is 0 Å². The number of carbonyl (C=O) groups is 1. The van der Waals surface area contributed by atoms with Crippen molar-refractivity contribution >= 4 is 28.4 Å². The molecule has 0 atom stereocenters. The number of nitrogens with one attached hydrogen (secondary N) is 1. The number of carbonyl (C=O) groups excluding carboxylic acids is 1. The third kappa shape index (κ3) is 4.27. The number of aromatic nitrogens is 2. The van der Waals surface area contributed by atoms with Crippen LogP contribution in [0.3, 0.4) is 0 Å². The van der Waals surface area contributed by atoms with Gasteiger partial charge < -0.3 is 5.32 Å². The Bertz CT molecular complexity index is 1210. The zero-order valence-corrected chi connectivity index (χ0v) is 17.7. The Kier molecular flexibility index (Phi) is 5.94. The van der Waals surface area contributed by atoms with Crippen molar-refractivity contribution in [2.24, 2.45) is 5.92 Å². The zero-order chi connectivity index (χ0) is 21.3. The topological polar surface area (TPSA) is 73.1 Å². The summed E-state index contributed by atoms with van der Waals surface area (Å²) in [6.45, 7) is 8.04. The lowest BCUT2D eigenvalue weighted by Crippen LogP contribution is -2.42. The first-order valence-corrected chi connectivity index (χ1v) is 9.86. The fraction of sp³-hybridized carbons (Fsp3) is 0.318. The number of rotatable bonds is 5. The molecule has 0 radical (unpaired) electrons. The number of nitrogens with zero attached hydrogens (tertiary/aromatic N) is 2. The summed E-state index contributed by atoms with van der Waals surface area (Å²) in [6.07, 6.45) is 0. The maximum atomic E-state index is 13.3. The average molecular weight is 414 g/mol. The van der Waals surface area contributed by atoms with Crippen molar-refractivity contribution in [1.29, 1.82) is 0 Å². The summed E-state index contributed by atoms with van der Waals surface area (Å²) >= 11 is 6.22. The highest BCUT2D eigenvalue weighted by Crippen LogP contribution is 2.19. The Balaban J connectivity index is 2.24. The van der Waals surface area contributed by atoms with Gasteiger partial charge >= 0.3 is 5.69 Å². The van der Waals surface area contributed by atoms with Crippen LogP contribution in [0.2, 0.25) is 5.02 Å². The Morgan fingerprint density at radius 2 is 1.83 bits per heavy atom. The molecule has 0 saturated carbocycles. The molecule has 1 aromatic heterocycles. The Labute approximate surface area is 173 Å². The minimum Gasteiger partial charge on any atom is -0.354 e. The van der Waals surface area contributed by atoms with Gasteiger partial charge in [0.2, 0.25) is 5.91 Å². The van der Waals surface area contributed by atoms with Crippen LogP contribution in [0.4, 0.5) is 0 Å². The minimum atomic E-state index is -0.578. The molecule has 152 valence electrons. The maximum Gasteiger partial charge on any atom is 0.336 e. The molecule has 0 bridgehead atoms. The number of amides is 1. The number of hydrogen-bond acceptors (Lipinski definition) is 3. The second-order valence-corrected chi connectivity index (χ2v) is 8.07. The van der Waals surface area contributed by atoms with E-state index in [0.717, 1.165) is 15.7 Å². The van der Waals surface area contributed by atoms with E-state index in [1.807, 2.05) is 33.8 Å². The van der Waals surface area contributed by atoms with Crippen LogP contribution in [0.1, 0.15) is 25.0 Å². The summed E-state index contributed by atoms with van der Waals surface area (Å²) in [6, 6.07) is 10.3. The fourth-order valence-corrected chi connectivity index (χ4v) is 3.28. The third-order valence-corrected chi connectivity index (χ3v) is 5.13. The second-order valence-electron chi connectivity index (χ2n) is 7.66. The zero-order valence-electron chi connectivity index (χ0n) is 17.0. The standard InChI is InChI=1S/C22H24ClN3O3/c1-13(2)11-24-20(27)12-25-19-8-5-14(3)9-17(19)21(28)26(22(25)29)16-7-6-15(4)18(23)10-16/h5-10,13H,11-12H2,1-4H3,(H,24,27). The van der Waals surface area contributed by atoms with Crippen LogP contribution < -0.4 is 16.6 Å². The molecule has 0 fully saturated rings. The van der Waals surface area contributed by atoms with Crippen molar-refractivity contribution in [3.05, 3.63) is 73.4 Å². The van der Waals surface area contributed by atoms with Gasteiger partial charge in [0.15, 0.2) is 0 Å². The van der Waals surface area contributed by atoms with Gasteiger partial charge in [-0.3, -0.25) is 14.2 Å². The molecule has 1 heterocycles. The second kappa shape index (κ2) is 8.25. The Hall–Kier alpha value is -2.86. The lowest BCUT2D eigenvalue weighted by Gasteiger charge is -2.15. The SMILES string of the molecule is Cc1ccc2c(c1)c(=O)n(-c1ccc(C)c(Cl)c1)c(=O)n2CC(=O)NCC(C)C. The van der Waals surface area contributed by atoms with Crippen LogP contribution in [0.15, 0.2) is 46.0 Å². The normalized spacial score (nSPS) is 11.2. The van der Waals surface area contributed by atoms with Crippen molar-refractivity contribution < 1.29 is 4.79 Å². The Morgan fingerprint density at radius 1 is 1.10 bits per heavy atom. The smallest absolute Gasteiger partial charge is 0.336 e. The van der Waals surface area contributed by atoms with Crippen molar-refractivity contribution in [3.8, 4) is 5.69 Å². The predicted octanol–water partition coefficient (Wildman–Crippen LogP) is 3.19. The van der Waals surface area contributed by atoms with E-state index in [9.17, 15) is 14.4 Å². The van der Waals surface area contributed by atoms with Crippen LogP contribution in [-0.2, 0) is 11.3 Å². The van der Waals surface area contributed by atoms with Gasteiger partial charge in [-0.05, 0) is 49.6 Å². The number of hydrogen-bond donors (Lipinski definition) is 1. The lowest BCUT2D eigenvalue weighted by molar-refractivity contribution is -0.121. The van der Waals surface area contributed by atoms with Gasteiger partial charge in [-0.25, -0.2) is 9.36 Å². The first-order chi connectivity index (χ1) is 13.7. The summed E-state index contributed by atoms with van der Waals surface area (Å²) in [4.78, 5) is 38.9. The molecule has 0 aliphatic carbocycles. The average Bonchev–Trinajstić information content (AvgIpc) is 2.66. The molecule has 0 spiro atoms. The van der Waals surface area contributed by atoms with Gasteiger partial charge in [0.25, 0.3) is 5.56 Å². The molecule has 1 N–H and O–H groups in total. The van der Waals surface area contributed by atoms with Crippen molar-refractivity contribution in [3.63, 3.8) is 0 Å². The van der Waals surface area contributed by atoms with Gasteiger partial charge in [0.1, 0.15) is 6.54 Å². The molecule has 0 saturated heterocycles. The van der Waals surface area contributed by atoms with E-state index >= 15 is 0 Å². The maximum absolute atomic E-state index is 13.3. The molecule has 7 heteroatoms. The quantitative estimate of drug-likeness (QED) is 0.698. The summed E-state index contributed by atoms with van der Waals surface area (Å²) in [5.41, 5.74) is 1.51. The van der Waals surface area contributed by atoms with E-state index in [1.165, 1.54) is 4.57 Å². The van der Waals surface area contributed by atoms with Gasteiger partial charge in [0.05, 0.1) is 16.6 Å². The molecule has 1 amide bonds. The molecule has 0 unspecified atom stereocenters. The molecule has 29 heavy (non-hydrogen) atoms. The number of benzene rings is 2. The monoisotopic (exact) mass is 413 g/mol.